The zero-order valence-electron chi connectivity index (χ0n) is 18.7. The van der Waals surface area contributed by atoms with Crippen LogP contribution in [0.3, 0.4) is 0 Å². The Morgan fingerprint density at radius 3 is 2.42 bits per heavy atom. The Morgan fingerprint density at radius 2 is 1.61 bits per heavy atom. The van der Waals surface area contributed by atoms with E-state index in [0.29, 0.717) is 0 Å². The van der Waals surface area contributed by atoms with Crippen LogP contribution in [-0.4, -0.2) is 57.2 Å². The molecule has 3 aromatic heterocycles. The maximum absolute atomic E-state index is 4.79. The third-order valence-electron chi connectivity index (χ3n) is 6.68. The van der Waals surface area contributed by atoms with Crippen molar-refractivity contribution in [3.05, 3.63) is 79.4 Å². The molecule has 1 fully saturated rings. The molecule has 0 aliphatic carbocycles. The minimum atomic E-state index is 0.848. The number of nitrogens with zero attached hydrogens (tertiary/aromatic N) is 6. The van der Waals surface area contributed by atoms with Crippen LogP contribution in [0, 0.1) is 0 Å². The number of hydrogen-bond donors (Lipinski definition) is 0. The first-order chi connectivity index (χ1) is 16.3. The zero-order chi connectivity index (χ0) is 22.2. The van der Waals surface area contributed by atoms with Crippen LogP contribution < -0.4 is 4.90 Å². The highest BCUT2D eigenvalue weighted by Crippen LogP contribution is 2.31. The second-order valence-electron chi connectivity index (χ2n) is 8.51. The van der Waals surface area contributed by atoms with Crippen LogP contribution in [0.4, 0.5) is 5.69 Å². The van der Waals surface area contributed by atoms with Crippen LogP contribution in [0.15, 0.2) is 79.4 Å². The average molecular weight is 435 g/mol. The molecule has 33 heavy (non-hydrogen) atoms. The molecular formula is C27H26N6. The molecule has 0 radical (unpaired) electrons. The summed E-state index contributed by atoms with van der Waals surface area (Å²) in [6, 6.07) is 19.0. The molecule has 2 aromatic carbocycles. The molecule has 1 saturated heterocycles. The van der Waals surface area contributed by atoms with Gasteiger partial charge >= 0.3 is 0 Å². The number of piperazine rings is 1. The lowest BCUT2D eigenvalue weighted by molar-refractivity contribution is 0.271. The molecule has 4 heterocycles. The first-order valence-electron chi connectivity index (χ1n) is 11.6. The Hall–Kier alpha value is -3.77. The highest BCUT2D eigenvalue weighted by atomic mass is 15.3. The first-order valence-corrected chi connectivity index (χ1v) is 11.6. The van der Waals surface area contributed by atoms with E-state index in [1.807, 2.05) is 47.4 Å². The van der Waals surface area contributed by atoms with Crippen LogP contribution in [0.5, 0.6) is 0 Å². The Labute approximate surface area is 193 Å². The molecule has 0 saturated carbocycles. The molecule has 0 N–H and O–H groups in total. The Morgan fingerprint density at radius 1 is 0.788 bits per heavy atom. The highest BCUT2D eigenvalue weighted by Gasteiger charge is 2.16. The van der Waals surface area contributed by atoms with Crippen LogP contribution in [0.25, 0.3) is 38.8 Å². The molecule has 6 heteroatoms. The Bertz CT molecular complexity index is 1410. The van der Waals surface area contributed by atoms with Crippen molar-refractivity contribution in [2.45, 2.75) is 6.92 Å². The summed E-state index contributed by atoms with van der Waals surface area (Å²) in [6.07, 6.45) is 7.75. The number of hydrogen-bond acceptors (Lipinski definition) is 5. The van der Waals surface area contributed by atoms with Gasteiger partial charge in [-0.1, -0.05) is 37.3 Å². The van der Waals surface area contributed by atoms with Crippen molar-refractivity contribution in [3.63, 3.8) is 0 Å². The van der Waals surface area contributed by atoms with Gasteiger partial charge in [0.25, 0.3) is 0 Å². The van der Waals surface area contributed by atoms with E-state index >= 15 is 0 Å². The van der Waals surface area contributed by atoms with Gasteiger partial charge in [-0.25, -0.2) is 9.50 Å². The summed E-state index contributed by atoms with van der Waals surface area (Å²) in [5, 5.41) is 5.72. The number of rotatable bonds is 4. The van der Waals surface area contributed by atoms with E-state index in [-0.39, 0.29) is 0 Å². The number of para-hydroxylation sites is 1. The van der Waals surface area contributed by atoms with Gasteiger partial charge in [0.15, 0.2) is 5.65 Å². The molecule has 6 nitrogen and oxygen atoms in total. The van der Waals surface area contributed by atoms with Gasteiger partial charge in [0.1, 0.15) is 0 Å². The lowest BCUT2D eigenvalue weighted by Crippen LogP contribution is -2.46. The van der Waals surface area contributed by atoms with E-state index in [2.05, 4.69) is 63.3 Å². The van der Waals surface area contributed by atoms with E-state index in [4.69, 9.17) is 4.98 Å². The molecule has 1 aliphatic heterocycles. The van der Waals surface area contributed by atoms with Gasteiger partial charge in [0.05, 0.1) is 11.7 Å². The van der Waals surface area contributed by atoms with E-state index in [0.717, 1.165) is 71.5 Å². The fraction of sp³-hybridized carbons (Fsp3) is 0.222. The second-order valence-corrected chi connectivity index (χ2v) is 8.51. The van der Waals surface area contributed by atoms with Gasteiger partial charge in [-0.2, -0.15) is 5.10 Å². The summed E-state index contributed by atoms with van der Waals surface area (Å²) in [5.74, 6) is 0. The van der Waals surface area contributed by atoms with Gasteiger partial charge in [-0.15, -0.1) is 0 Å². The quantitative estimate of drug-likeness (QED) is 0.408. The van der Waals surface area contributed by atoms with Gasteiger partial charge < -0.3 is 9.80 Å². The van der Waals surface area contributed by atoms with Crippen molar-refractivity contribution in [1.82, 2.24) is 24.5 Å². The summed E-state index contributed by atoms with van der Waals surface area (Å²) in [7, 11) is 0. The minimum absolute atomic E-state index is 0.848. The van der Waals surface area contributed by atoms with Crippen molar-refractivity contribution in [2.24, 2.45) is 0 Å². The number of anilines is 1. The van der Waals surface area contributed by atoms with Crippen LogP contribution in [-0.2, 0) is 0 Å². The molecule has 6 rings (SSSR count). The third-order valence-corrected chi connectivity index (χ3v) is 6.68. The predicted molar refractivity (Wildman–Crippen MR) is 133 cm³/mol. The fourth-order valence-electron chi connectivity index (χ4n) is 4.73. The van der Waals surface area contributed by atoms with Crippen LogP contribution in [0.1, 0.15) is 6.92 Å². The second kappa shape index (κ2) is 8.30. The number of pyridine rings is 1. The summed E-state index contributed by atoms with van der Waals surface area (Å²) >= 11 is 0. The molecule has 0 amide bonds. The highest BCUT2D eigenvalue weighted by molar-refractivity contribution is 5.97. The van der Waals surface area contributed by atoms with Crippen LogP contribution >= 0.6 is 0 Å². The molecule has 0 unspecified atom stereocenters. The smallest absolute Gasteiger partial charge is 0.162 e. The molecule has 5 aromatic rings. The summed E-state index contributed by atoms with van der Waals surface area (Å²) < 4.78 is 1.87. The van der Waals surface area contributed by atoms with E-state index < -0.39 is 0 Å². The van der Waals surface area contributed by atoms with E-state index in [9.17, 15) is 0 Å². The molecule has 0 atom stereocenters. The Balaban J connectivity index is 1.29. The molecule has 0 spiro atoms. The van der Waals surface area contributed by atoms with Crippen molar-refractivity contribution >= 4 is 22.2 Å². The minimum Gasteiger partial charge on any atom is -0.369 e. The number of fused-ring (bicyclic) bond motifs is 2. The van der Waals surface area contributed by atoms with E-state index in [1.54, 1.807) is 0 Å². The topological polar surface area (TPSA) is 49.6 Å². The monoisotopic (exact) mass is 434 g/mol. The van der Waals surface area contributed by atoms with Gasteiger partial charge in [0.2, 0.25) is 0 Å². The summed E-state index contributed by atoms with van der Waals surface area (Å²) in [5.41, 5.74) is 7.42. The van der Waals surface area contributed by atoms with Crippen molar-refractivity contribution < 1.29 is 0 Å². The van der Waals surface area contributed by atoms with Crippen LogP contribution in [0.2, 0.25) is 0 Å². The zero-order valence-corrected chi connectivity index (χ0v) is 18.7. The van der Waals surface area contributed by atoms with E-state index in [1.165, 1.54) is 5.69 Å². The SMILES string of the molecule is CCN1CCN(c2ccc(-c3cnc4c(-c5ccnc6ccccc56)cnn4c3)cc2)CC1. The molecule has 0 bridgehead atoms. The average Bonchev–Trinajstić information content (AvgIpc) is 3.32. The standard InChI is InChI=1S/C27H26N6/c1-2-31-13-15-32(16-14-31)22-9-7-20(8-10-22)21-17-29-27-25(18-30-33(27)19-21)23-11-12-28-26-6-4-3-5-24(23)26/h3-12,17-19H,2,13-16H2,1H3. The lowest BCUT2D eigenvalue weighted by atomic mass is 10.0. The van der Waals surface area contributed by atoms with Gasteiger partial charge in [-0.3, -0.25) is 4.98 Å². The van der Waals surface area contributed by atoms with Gasteiger partial charge in [-0.05, 0) is 41.9 Å². The lowest BCUT2D eigenvalue weighted by Gasteiger charge is -2.35. The number of benzene rings is 2. The maximum Gasteiger partial charge on any atom is 0.162 e. The predicted octanol–water partition coefficient (Wildman–Crippen LogP) is 4.75. The molecule has 164 valence electrons. The van der Waals surface area contributed by atoms with Gasteiger partial charge in [0, 0.05) is 67.0 Å². The maximum atomic E-state index is 4.79. The fourth-order valence-corrected chi connectivity index (χ4v) is 4.73. The largest absolute Gasteiger partial charge is 0.369 e. The normalized spacial score (nSPS) is 14.9. The first kappa shape index (κ1) is 19.9. The van der Waals surface area contributed by atoms with Crippen molar-refractivity contribution in [3.8, 4) is 22.3 Å². The third kappa shape index (κ3) is 3.62. The molecular weight excluding hydrogens is 408 g/mol. The van der Waals surface area contributed by atoms with Crippen molar-refractivity contribution in [1.29, 1.82) is 0 Å². The van der Waals surface area contributed by atoms with Crippen molar-refractivity contribution in [2.75, 3.05) is 37.6 Å². The Kier molecular flexibility index (Phi) is 5.00. The number of likely N-dealkylation sites (N-methyl/N-ethyl adjacent to an activating group) is 1. The molecule has 1 aliphatic rings. The summed E-state index contributed by atoms with van der Waals surface area (Å²) in [6.45, 7) is 7.80. The summed E-state index contributed by atoms with van der Waals surface area (Å²) in [4.78, 5) is 14.2. The number of aromatic nitrogens is 4.